The first-order valence-corrected chi connectivity index (χ1v) is 11.4. The predicted octanol–water partition coefficient (Wildman–Crippen LogP) is 3.92. The van der Waals surface area contributed by atoms with Crippen molar-refractivity contribution in [2.75, 3.05) is 25.0 Å². The third kappa shape index (κ3) is 5.05. The van der Waals surface area contributed by atoms with Crippen LogP contribution in [0.5, 0.6) is 0 Å². The molecule has 0 aliphatic carbocycles. The van der Waals surface area contributed by atoms with E-state index in [1.54, 1.807) is 0 Å². The molecule has 7 heteroatoms. The average Bonchev–Trinajstić information content (AvgIpc) is 3.06. The van der Waals surface area contributed by atoms with Gasteiger partial charge in [0.1, 0.15) is 11.4 Å². The van der Waals surface area contributed by atoms with Crippen molar-refractivity contribution in [1.82, 2.24) is 10.2 Å². The van der Waals surface area contributed by atoms with E-state index in [1.165, 1.54) is 5.56 Å². The third-order valence-electron chi connectivity index (χ3n) is 5.92. The van der Waals surface area contributed by atoms with Gasteiger partial charge in [-0.3, -0.25) is 19.5 Å². The lowest BCUT2D eigenvalue weighted by Gasteiger charge is -2.36. The summed E-state index contributed by atoms with van der Waals surface area (Å²) in [6.07, 6.45) is 1.38. The number of anilines is 1. The molecule has 2 amide bonds. The zero-order chi connectivity index (χ0) is 22.0. The molecule has 2 heterocycles. The first-order chi connectivity index (χ1) is 14.8. The molecule has 1 spiro atoms. The molecule has 2 N–H and O–H groups in total. The van der Waals surface area contributed by atoms with Gasteiger partial charge in [-0.2, -0.15) is 0 Å². The number of carbonyl (C=O) groups is 2. The van der Waals surface area contributed by atoms with Crippen molar-refractivity contribution in [3.05, 3.63) is 64.1 Å². The van der Waals surface area contributed by atoms with Gasteiger partial charge in [-0.05, 0) is 35.7 Å². The topological polar surface area (TPSA) is 73.8 Å². The largest absolute Gasteiger partial charge is 0.326 e. The molecule has 0 saturated carbocycles. The van der Waals surface area contributed by atoms with Crippen LogP contribution in [0, 0.1) is 0 Å². The zero-order valence-corrected chi connectivity index (χ0v) is 19.4. The van der Waals surface area contributed by atoms with E-state index in [4.69, 9.17) is 4.99 Å². The second-order valence-electron chi connectivity index (χ2n) is 8.55. The van der Waals surface area contributed by atoms with Crippen LogP contribution >= 0.6 is 15.9 Å². The Labute approximate surface area is 191 Å². The summed E-state index contributed by atoms with van der Waals surface area (Å²) in [7, 11) is 0. The van der Waals surface area contributed by atoms with E-state index in [-0.39, 0.29) is 11.8 Å². The van der Waals surface area contributed by atoms with E-state index in [2.05, 4.69) is 57.4 Å². The molecule has 1 fully saturated rings. The van der Waals surface area contributed by atoms with E-state index in [0.29, 0.717) is 44.1 Å². The standard InChI is InChI=1S/C24H27BrN4O2/c1-16(2)17-5-9-20(10-6-17)26-21(30)15-29-13-11-24(12-14-29)27-22(23(31)28-24)18-3-7-19(25)8-4-18/h3-10,16H,11-15H2,1-2H3,(H,26,30)(H,28,31). The smallest absolute Gasteiger partial charge is 0.272 e. The Hall–Kier alpha value is -2.51. The highest BCUT2D eigenvalue weighted by Gasteiger charge is 2.42. The number of nitrogens with one attached hydrogen (secondary N) is 2. The van der Waals surface area contributed by atoms with Crippen molar-refractivity contribution in [1.29, 1.82) is 0 Å². The third-order valence-corrected chi connectivity index (χ3v) is 6.44. The maximum Gasteiger partial charge on any atom is 0.272 e. The van der Waals surface area contributed by atoms with Crippen LogP contribution in [0.15, 0.2) is 58.0 Å². The Kier molecular flexibility index (Phi) is 6.25. The number of halogens is 1. The van der Waals surface area contributed by atoms with Gasteiger partial charge in [0.2, 0.25) is 5.91 Å². The summed E-state index contributed by atoms with van der Waals surface area (Å²) in [5.41, 5.74) is 2.82. The number of rotatable bonds is 5. The van der Waals surface area contributed by atoms with Crippen LogP contribution in [0.1, 0.15) is 43.7 Å². The number of amides is 2. The van der Waals surface area contributed by atoms with E-state index >= 15 is 0 Å². The fraction of sp³-hybridized carbons (Fsp3) is 0.375. The molecule has 2 aliphatic rings. The van der Waals surface area contributed by atoms with Crippen LogP contribution in [0.2, 0.25) is 0 Å². The molecule has 162 valence electrons. The van der Waals surface area contributed by atoms with Crippen molar-refractivity contribution < 1.29 is 9.59 Å². The lowest BCUT2D eigenvalue weighted by molar-refractivity contribution is -0.119. The second-order valence-corrected chi connectivity index (χ2v) is 9.47. The number of nitrogens with zero attached hydrogens (tertiary/aromatic N) is 2. The first kappa shape index (κ1) is 21.7. The van der Waals surface area contributed by atoms with Crippen LogP contribution < -0.4 is 10.6 Å². The van der Waals surface area contributed by atoms with Crippen LogP contribution in [-0.2, 0) is 9.59 Å². The zero-order valence-electron chi connectivity index (χ0n) is 17.8. The van der Waals surface area contributed by atoms with E-state index < -0.39 is 5.66 Å². The first-order valence-electron chi connectivity index (χ1n) is 10.6. The molecule has 2 aliphatic heterocycles. The Morgan fingerprint density at radius 1 is 1.13 bits per heavy atom. The predicted molar refractivity (Wildman–Crippen MR) is 126 cm³/mol. The number of benzene rings is 2. The van der Waals surface area contributed by atoms with Gasteiger partial charge in [0, 0.05) is 41.7 Å². The van der Waals surface area contributed by atoms with Gasteiger partial charge in [-0.25, -0.2) is 0 Å². The highest BCUT2D eigenvalue weighted by atomic mass is 79.9. The summed E-state index contributed by atoms with van der Waals surface area (Å²) in [4.78, 5) is 31.9. The minimum atomic E-state index is -0.556. The number of likely N-dealkylation sites (tertiary alicyclic amines) is 1. The lowest BCUT2D eigenvalue weighted by Crippen LogP contribution is -2.52. The van der Waals surface area contributed by atoms with Crippen molar-refractivity contribution in [2.24, 2.45) is 4.99 Å². The quantitative estimate of drug-likeness (QED) is 0.677. The van der Waals surface area contributed by atoms with Crippen LogP contribution in [0.25, 0.3) is 0 Å². The molecule has 0 bridgehead atoms. The minimum absolute atomic E-state index is 0.0252. The van der Waals surface area contributed by atoms with Crippen molar-refractivity contribution in [2.45, 2.75) is 38.3 Å². The number of carbonyl (C=O) groups excluding carboxylic acids is 2. The van der Waals surface area contributed by atoms with Gasteiger partial charge in [0.05, 0.1) is 6.54 Å². The molecule has 0 radical (unpaired) electrons. The Bertz CT molecular complexity index is 991. The van der Waals surface area contributed by atoms with E-state index in [9.17, 15) is 9.59 Å². The van der Waals surface area contributed by atoms with Crippen LogP contribution in [0.3, 0.4) is 0 Å². The molecule has 0 unspecified atom stereocenters. The molecule has 2 aromatic carbocycles. The summed E-state index contributed by atoms with van der Waals surface area (Å²) in [5, 5.41) is 6.05. The summed E-state index contributed by atoms with van der Waals surface area (Å²) in [6.45, 7) is 6.04. The Morgan fingerprint density at radius 3 is 2.39 bits per heavy atom. The van der Waals surface area contributed by atoms with E-state index in [0.717, 1.165) is 15.7 Å². The summed E-state index contributed by atoms with van der Waals surface area (Å²) >= 11 is 3.42. The summed E-state index contributed by atoms with van der Waals surface area (Å²) in [5.74, 6) is 0.314. The van der Waals surface area contributed by atoms with Gasteiger partial charge in [-0.15, -0.1) is 0 Å². The van der Waals surface area contributed by atoms with Crippen LogP contribution in [0.4, 0.5) is 5.69 Å². The maximum absolute atomic E-state index is 12.5. The van der Waals surface area contributed by atoms with Gasteiger partial charge in [0.25, 0.3) is 5.91 Å². The van der Waals surface area contributed by atoms with Gasteiger partial charge in [0.15, 0.2) is 0 Å². The lowest BCUT2D eigenvalue weighted by atomic mass is 9.98. The second kappa shape index (κ2) is 8.93. The maximum atomic E-state index is 12.5. The Balaban J connectivity index is 1.32. The van der Waals surface area contributed by atoms with Crippen LogP contribution in [-0.4, -0.2) is 47.7 Å². The van der Waals surface area contributed by atoms with Gasteiger partial charge >= 0.3 is 0 Å². The molecular weight excluding hydrogens is 456 g/mol. The SMILES string of the molecule is CC(C)c1ccc(NC(=O)CN2CCC3(CC2)N=C(c2ccc(Br)cc2)C(=O)N3)cc1. The van der Waals surface area contributed by atoms with Crippen molar-refractivity contribution in [3.8, 4) is 0 Å². The molecule has 0 atom stereocenters. The van der Waals surface area contributed by atoms with Gasteiger partial charge in [-0.1, -0.05) is 54.0 Å². The average molecular weight is 483 g/mol. The summed E-state index contributed by atoms with van der Waals surface area (Å²) < 4.78 is 0.965. The van der Waals surface area contributed by atoms with E-state index in [1.807, 2.05) is 36.4 Å². The number of hydrogen-bond acceptors (Lipinski definition) is 4. The summed E-state index contributed by atoms with van der Waals surface area (Å²) in [6, 6.07) is 15.6. The number of hydrogen-bond donors (Lipinski definition) is 2. The fourth-order valence-electron chi connectivity index (χ4n) is 4.04. The molecule has 31 heavy (non-hydrogen) atoms. The van der Waals surface area contributed by atoms with Gasteiger partial charge < -0.3 is 10.6 Å². The number of aliphatic imine (C=N–C) groups is 1. The molecule has 0 aromatic heterocycles. The highest BCUT2D eigenvalue weighted by molar-refractivity contribution is 9.10. The highest BCUT2D eigenvalue weighted by Crippen LogP contribution is 2.29. The monoisotopic (exact) mass is 482 g/mol. The molecule has 2 aromatic rings. The molecular formula is C24H27BrN4O2. The molecule has 4 rings (SSSR count). The minimum Gasteiger partial charge on any atom is -0.326 e. The van der Waals surface area contributed by atoms with Crippen molar-refractivity contribution in [3.63, 3.8) is 0 Å². The molecule has 6 nitrogen and oxygen atoms in total. The van der Waals surface area contributed by atoms with Crippen molar-refractivity contribution >= 4 is 39.1 Å². The molecule has 1 saturated heterocycles. The Morgan fingerprint density at radius 2 is 1.77 bits per heavy atom. The number of piperidine rings is 1. The normalized spacial score (nSPS) is 18.2. The fourth-order valence-corrected chi connectivity index (χ4v) is 4.30.